The number of carbonyl (C=O) groups is 2. The fraction of sp³-hybridized carbons (Fsp3) is 0.579. The number of rotatable bonds is 5. The van der Waals surface area contributed by atoms with Crippen LogP contribution in [0.25, 0.3) is 0 Å². The van der Waals surface area contributed by atoms with Crippen LogP contribution in [-0.4, -0.2) is 54.4 Å². The summed E-state index contributed by atoms with van der Waals surface area (Å²) in [5.41, 5.74) is 0.325. The van der Waals surface area contributed by atoms with Crippen LogP contribution in [-0.2, 0) is 9.53 Å². The van der Waals surface area contributed by atoms with Gasteiger partial charge in [0, 0.05) is 29.7 Å². The van der Waals surface area contributed by atoms with Crippen LogP contribution < -0.4 is 10.6 Å². The van der Waals surface area contributed by atoms with Crippen LogP contribution in [0.3, 0.4) is 0 Å². The monoisotopic (exact) mass is 379 g/mol. The van der Waals surface area contributed by atoms with E-state index in [9.17, 15) is 9.59 Å². The average Bonchev–Trinajstić information content (AvgIpc) is 2.55. The SMILES string of the molecule is CSc1ccc(NC(=O)CN2CCC(NC(=O)OC(C)(C)C)CC2)cc1. The first-order valence-electron chi connectivity index (χ1n) is 8.91. The van der Waals surface area contributed by atoms with Gasteiger partial charge in [0.2, 0.25) is 5.91 Å². The zero-order valence-electron chi connectivity index (χ0n) is 16.0. The molecule has 1 fully saturated rings. The third-order valence-electron chi connectivity index (χ3n) is 4.05. The molecule has 26 heavy (non-hydrogen) atoms. The van der Waals surface area contributed by atoms with E-state index < -0.39 is 5.60 Å². The number of thioether (sulfide) groups is 1. The molecule has 1 heterocycles. The Hall–Kier alpha value is -1.73. The summed E-state index contributed by atoms with van der Waals surface area (Å²) in [5, 5.41) is 5.84. The van der Waals surface area contributed by atoms with Gasteiger partial charge in [0.05, 0.1) is 6.54 Å². The molecule has 0 atom stereocenters. The third-order valence-corrected chi connectivity index (χ3v) is 4.79. The molecule has 0 unspecified atom stereocenters. The van der Waals surface area contributed by atoms with E-state index in [4.69, 9.17) is 4.74 Å². The number of carbonyl (C=O) groups excluding carboxylic acids is 2. The Morgan fingerprint density at radius 1 is 1.19 bits per heavy atom. The van der Waals surface area contributed by atoms with Crippen molar-refractivity contribution in [1.29, 1.82) is 0 Å². The molecule has 1 aliphatic heterocycles. The van der Waals surface area contributed by atoms with Crippen LogP contribution in [0.15, 0.2) is 29.2 Å². The van der Waals surface area contributed by atoms with Crippen molar-refractivity contribution in [1.82, 2.24) is 10.2 Å². The molecule has 0 saturated carbocycles. The van der Waals surface area contributed by atoms with Crippen LogP contribution in [0, 0.1) is 0 Å². The molecular weight excluding hydrogens is 350 g/mol. The third kappa shape index (κ3) is 7.25. The molecule has 0 radical (unpaired) electrons. The smallest absolute Gasteiger partial charge is 0.407 e. The van der Waals surface area contributed by atoms with Crippen molar-refractivity contribution in [3.05, 3.63) is 24.3 Å². The molecule has 144 valence electrons. The Morgan fingerprint density at radius 2 is 1.81 bits per heavy atom. The number of alkyl carbamates (subject to hydrolysis) is 1. The van der Waals surface area contributed by atoms with E-state index in [2.05, 4.69) is 15.5 Å². The molecule has 2 rings (SSSR count). The lowest BCUT2D eigenvalue weighted by atomic mass is 10.1. The van der Waals surface area contributed by atoms with Crippen LogP contribution in [0.2, 0.25) is 0 Å². The van der Waals surface area contributed by atoms with Crippen molar-refractivity contribution in [2.24, 2.45) is 0 Å². The normalized spacial score (nSPS) is 16.2. The number of piperidine rings is 1. The highest BCUT2D eigenvalue weighted by molar-refractivity contribution is 7.98. The van der Waals surface area contributed by atoms with E-state index in [0.717, 1.165) is 31.6 Å². The second-order valence-electron chi connectivity index (χ2n) is 7.47. The van der Waals surface area contributed by atoms with Crippen molar-refractivity contribution >= 4 is 29.4 Å². The molecule has 0 aromatic heterocycles. The first kappa shape index (κ1) is 20.6. The Bertz CT molecular complexity index is 605. The number of ether oxygens (including phenoxy) is 1. The summed E-state index contributed by atoms with van der Waals surface area (Å²) in [5.74, 6) is -0.0135. The van der Waals surface area contributed by atoms with Gasteiger partial charge in [0.25, 0.3) is 0 Å². The first-order chi connectivity index (χ1) is 12.2. The molecule has 1 aromatic rings. The highest BCUT2D eigenvalue weighted by Crippen LogP contribution is 2.18. The minimum absolute atomic E-state index is 0.0135. The Labute approximate surface area is 160 Å². The summed E-state index contributed by atoms with van der Waals surface area (Å²) in [4.78, 5) is 27.3. The molecule has 1 saturated heterocycles. The van der Waals surface area contributed by atoms with Gasteiger partial charge in [-0.3, -0.25) is 9.69 Å². The fourth-order valence-electron chi connectivity index (χ4n) is 2.79. The number of anilines is 1. The van der Waals surface area contributed by atoms with E-state index in [-0.39, 0.29) is 18.0 Å². The zero-order chi connectivity index (χ0) is 19.2. The Morgan fingerprint density at radius 3 is 2.35 bits per heavy atom. The summed E-state index contributed by atoms with van der Waals surface area (Å²) in [7, 11) is 0. The van der Waals surface area contributed by atoms with Gasteiger partial charge in [-0.05, 0) is 64.1 Å². The van der Waals surface area contributed by atoms with E-state index in [0.29, 0.717) is 6.54 Å². The second kappa shape index (κ2) is 9.28. The zero-order valence-corrected chi connectivity index (χ0v) is 16.8. The average molecular weight is 380 g/mol. The fourth-order valence-corrected chi connectivity index (χ4v) is 3.20. The lowest BCUT2D eigenvalue weighted by Crippen LogP contribution is -2.47. The van der Waals surface area contributed by atoms with E-state index in [1.165, 1.54) is 4.90 Å². The molecule has 0 aliphatic carbocycles. The molecule has 0 spiro atoms. The summed E-state index contributed by atoms with van der Waals surface area (Å²) in [6, 6.07) is 7.92. The molecule has 6 nitrogen and oxygen atoms in total. The van der Waals surface area contributed by atoms with Crippen LogP contribution in [0.4, 0.5) is 10.5 Å². The summed E-state index contributed by atoms with van der Waals surface area (Å²) < 4.78 is 5.29. The van der Waals surface area contributed by atoms with Gasteiger partial charge in [-0.15, -0.1) is 11.8 Å². The minimum atomic E-state index is -0.489. The number of hydrogen-bond acceptors (Lipinski definition) is 5. The Balaban J connectivity index is 1.70. The van der Waals surface area contributed by atoms with Crippen molar-refractivity contribution in [2.45, 2.75) is 50.2 Å². The number of likely N-dealkylation sites (tertiary alicyclic amines) is 1. The minimum Gasteiger partial charge on any atom is -0.444 e. The van der Waals surface area contributed by atoms with Crippen molar-refractivity contribution in [3.63, 3.8) is 0 Å². The Kier molecular flexibility index (Phi) is 7.34. The van der Waals surface area contributed by atoms with Crippen LogP contribution in [0.5, 0.6) is 0 Å². The van der Waals surface area contributed by atoms with Gasteiger partial charge in [0.15, 0.2) is 0 Å². The number of nitrogens with one attached hydrogen (secondary N) is 2. The first-order valence-corrected chi connectivity index (χ1v) is 10.1. The summed E-state index contributed by atoms with van der Waals surface area (Å²) >= 11 is 1.67. The summed E-state index contributed by atoms with van der Waals surface area (Å²) in [6.45, 7) is 7.47. The second-order valence-corrected chi connectivity index (χ2v) is 8.35. The quantitative estimate of drug-likeness (QED) is 0.768. The molecule has 7 heteroatoms. The molecular formula is C19H29N3O3S. The maximum absolute atomic E-state index is 12.2. The lowest BCUT2D eigenvalue weighted by molar-refractivity contribution is -0.117. The van der Waals surface area contributed by atoms with Crippen LogP contribution in [0.1, 0.15) is 33.6 Å². The van der Waals surface area contributed by atoms with Crippen LogP contribution >= 0.6 is 11.8 Å². The molecule has 2 amide bonds. The standard InChI is InChI=1S/C19H29N3O3S/c1-19(2,3)25-18(24)21-15-9-11-22(12-10-15)13-17(23)20-14-5-7-16(26-4)8-6-14/h5-8,15H,9-13H2,1-4H3,(H,20,23)(H,21,24). The van der Waals surface area contributed by atoms with E-state index >= 15 is 0 Å². The van der Waals surface area contributed by atoms with Gasteiger partial charge in [-0.25, -0.2) is 4.79 Å². The largest absolute Gasteiger partial charge is 0.444 e. The molecule has 2 N–H and O–H groups in total. The van der Waals surface area contributed by atoms with Gasteiger partial charge in [-0.2, -0.15) is 0 Å². The number of nitrogens with zero attached hydrogens (tertiary/aromatic N) is 1. The maximum Gasteiger partial charge on any atom is 0.407 e. The maximum atomic E-state index is 12.2. The summed E-state index contributed by atoms with van der Waals surface area (Å²) in [6.07, 6.45) is 3.28. The molecule has 1 aliphatic rings. The van der Waals surface area contributed by atoms with E-state index in [1.807, 2.05) is 51.3 Å². The number of hydrogen-bond donors (Lipinski definition) is 2. The predicted molar refractivity (Wildman–Crippen MR) is 106 cm³/mol. The van der Waals surface area contributed by atoms with Crippen molar-refractivity contribution in [3.8, 4) is 0 Å². The lowest BCUT2D eigenvalue weighted by Gasteiger charge is -2.32. The van der Waals surface area contributed by atoms with Crippen molar-refractivity contribution in [2.75, 3.05) is 31.2 Å². The molecule has 1 aromatic carbocycles. The van der Waals surface area contributed by atoms with Crippen molar-refractivity contribution < 1.29 is 14.3 Å². The van der Waals surface area contributed by atoms with Gasteiger partial charge >= 0.3 is 6.09 Å². The highest BCUT2D eigenvalue weighted by atomic mass is 32.2. The molecule has 0 bridgehead atoms. The number of benzene rings is 1. The van der Waals surface area contributed by atoms with Gasteiger partial charge in [0.1, 0.15) is 5.60 Å². The highest BCUT2D eigenvalue weighted by Gasteiger charge is 2.24. The van der Waals surface area contributed by atoms with Gasteiger partial charge in [-0.1, -0.05) is 0 Å². The topological polar surface area (TPSA) is 70.7 Å². The van der Waals surface area contributed by atoms with Gasteiger partial charge < -0.3 is 15.4 Å². The predicted octanol–water partition coefficient (Wildman–Crippen LogP) is 3.34. The van der Waals surface area contributed by atoms with E-state index in [1.54, 1.807) is 11.8 Å². The number of amides is 2.